The maximum Gasteiger partial charge on any atom is 0.309 e. The van der Waals surface area contributed by atoms with Crippen molar-refractivity contribution in [3.8, 4) is 0 Å². The first kappa shape index (κ1) is 14.1. The van der Waals surface area contributed by atoms with Crippen molar-refractivity contribution in [1.29, 1.82) is 0 Å². The predicted molar refractivity (Wildman–Crippen MR) is 65.2 cm³/mol. The molecule has 0 aliphatic carbocycles. The van der Waals surface area contributed by atoms with Crippen molar-refractivity contribution in [2.45, 2.75) is 6.42 Å². The van der Waals surface area contributed by atoms with Crippen molar-refractivity contribution in [2.24, 2.45) is 5.73 Å². The molecular formula is C12H16FN3O2. The van der Waals surface area contributed by atoms with Crippen LogP contribution in [0.1, 0.15) is 5.56 Å². The van der Waals surface area contributed by atoms with Crippen LogP contribution in [0.5, 0.6) is 0 Å². The molecule has 0 saturated heterocycles. The van der Waals surface area contributed by atoms with Gasteiger partial charge in [0.15, 0.2) is 0 Å². The van der Waals surface area contributed by atoms with Gasteiger partial charge >= 0.3 is 11.8 Å². The molecule has 0 radical (unpaired) electrons. The number of carbonyl (C=O) groups is 2. The van der Waals surface area contributed by atoms with Gasteiger partial charge in [-0.2, -0.15) is 0 Å². The Morgan fingerprint density at radius 3 is 2.44 bits per heavy atom. The molecule has 18 heavy (non-hydrogen) atoms. The van der Waals surface area contributed by atoms with Gasteiger partial charge in [-0.1, -0.05) is 12.1 Å². The van der Waals surface area contributed by atoms with Gasteiger partial charge in [0.25, 0.3) is 0 Å². The molecule has 0 bridgehead atoms. The Hall–Kier alpha value is -1.95. The average molecular weight is 253 g/mol. The van der Waals surface area contributed by atoms with Gasteiger partial charge in [-0.3, -0.25) is 9.59 Å². The van der Waals surface area contributed by atoms with Crippen molar-refractivity contribution in [2.75, 3.05) is 19.6 Å². The zero-order valence-electron chi connectivity index (χ0n) is 9.91. The van der Waals surface area contributed by atoms with E-state index < -0.39 is 11.8 Å². The lowest BCUT2D eigenvalue weighted by atomic mass is 10.1. The quantitative estimate of drug-likeness (QED) is 0.622. The number of hydrogen-bond donors (Lipinski definition) is 3. The van der Waals surface area contributed by atoms with Crippen molar-refractivity contribution in [3.05, 3.63) is 35.6 Å². The number of carbonyl (C=O) groups excluding carboxylic acids is 2. The van der Waals surface area contributed by atoms with Gasteiger partial charge in [0.2, 0.25) is 0 Å². The van der Waals surface area contributed by atoms with E-state index in [9.17, 15) is 14.0 Å². The minimum absolute atomic E-state index is 0.260. The van der Waals surface area contributed by atoms with E-state index in [1.807, 2.05) is 0 Å². The lowest BCUT2D eigenvalue weighted by Crippen LogP contribution is -2.42. The Morgan fingerprint density at radius 2 is 1.83 bits per heavy atom. The Bertz CT molecular complexity index is 424. The van der Waals surface area contributed by atoms with E-state index >= 15 is 0 Å². The summed E-state index contributed by atoms with van der Waals surface area (Å²) in [5.74, 6) is -1.74. The third-order valence-corrected chi connectivity index (χ3v) is 2.22. The summed E-state index contributed by atoms with van der Waals surface area (Å²) in [5, 5.41) is 4.80. The molecule has 0 unspecified atom stereocenters. The molecule has 0 saturated carbocycles. The molecule has 1 aromatic rings. The van der Waals surface area contributed by atoms with Crippen molar-refractivity contribution >= 4 is 11.8 Å². The van der Waals surface area contributed by atoms with Gasteiger partial charge in [0.05, 0.1) is 0 Å². The second-order valence-corrected chi connectivity index (χ2v) is 3.68. The molecule has 5 nitrogen and oxygen atoms in total. The number of amides is 2. The minimum Gasteiger partial charge on any atom is -0.348 e. The second-order valence-electron chi connectivity index (χ2n) is 3.68. The topological polar surface area (TPSA) is 84.2 Å². The summed E-state index contributed by atoms with van der Waals surface area (Å²) in [6, 6.07) is 6.09. The maximum absolute atomic E-state index is 12.9. The summed E-state index contributed by atoms with van der Waals surface area (Å²) < 4.78 is 12.9. The Balaban J connectivity index is 2.29. The molecule has 2 amide bonds. The highest BCUT2D eigenvalue weighted by Gasteiger charge is 2.11. The second kappa shape index (κ2) is 7.39. The average Bonchev–Trinajstić information content (AvgIpc) is 2.35. The standard InChI is InChI=1S/C12H16FN3O2/c13-10-3-1-2-9(8-10)4-6-15-11(17)12(18)16-7-5-14/h1-3,8H,4-7,14H2,(H,15,17)(H,16,18). The van der Waals surface area contributed by atoms with Gasteiger partial charge in [-0.25, -0.2) is 4.39 Å². The van der Waals surface area contributed by atoms with Crippen LogP contribution in [-0.4, -0.2) is 31.4 Å². The summed E-state index contributed by atoms with van der Waals surface area (Å²) in [5.41, 5.74) is 5.95. The molecule has 0 aromatic heterocycles. The van der Waals surface area contributed by atoms with Gasteiger partial charge in [-0.15, -0.1) is 0 Å². The number of nitrogens with one attached hydrogen (secondary N) is 2. The van der Waals surface area contributed by atoms with Gasteiger partial charge in [-0.05, 0) is 24.1 Å². The van der Waals surface area contributed by atoms with Crippen molar-refractivity contribution in [3.63, 3.8) is 0 Å². The smallest absolute Gasteiger partial charge is 0.309 e. The van der Waals surface area contributed by atoms with Crippen molar-refractivity contribution < 1.29 is 14.0 Å². The van der Waals surface area contributed by atoms with Gasteiger partial charge < -0.3 is 16.4 Å². The molecule has 1 aromatic carbocycles. The number of nitrogens with two attached hydrogens (primary N) is 1. The number of halogens is 1. The molecule has 0 aliphatic rings. The number of hydrogen-bond acceptors (Lipinski definition) is 3. The normalized spacial score (nSPS) is 9.89. The third-order valence-electron chi connectivity index (χ3n) is 2.22. The molecule has 1 rings (SSSR count). The van der Waals surface area contributed by atoms with E-state index in [0.29, 0.717) is 6.42 Å². The van der Waals surface area contributed by atoms with E-state index in [1.165, 1.54) is 12.1 Å². The van der Waals surface area contributed by atoms with E-state index in [1.54, 1.807) is 12.1 Å². The van der Waals surface area contributed by atoms with Gasteiger partial charge in [0.1, 0.15) is 5.82 Å². The molecule has 0 fully saturated rings. The number of rotatable bonds is 5. The summed E-state index contributed by atoms with van der Waals surface area (Å²) >= 11 is 0. The summed E-state index contributed by atoms with van der Waals surface area (Å²) in [6.45, 7) is 0.816. The van der Waals surface area contributed by atoms with E-state index in [0.717, 1.165) is 5.56 Å². The molecule has 4 N–H and O–H groups in total. The van der Waals surface area contributed by atoms with Crippen LogP contribution in [0.25, 0.3) is 0 Å². The lowest BCUT2D eigenvalue weighted by Gasteiger charge is -2.05. The van der Waals surface area contributed by atoms with Crippen molar-refractivity contribution in [1.82, 2.24) is 10.6 Å². The predicted octanol–water partition coefficient (Wildman–Crippen LogP) is -0.441. The summed E-state index contributed by atoms with van der Waals surface area (Å²) in [7, 11) is 0. The number of benzene rings is 1. The monoisotopic (exact) mass is 253 g/mol. The van der Waals surface area contributed by atoms with Crippen LogP contribution in [0.3, 0.4) is 0 Å². The largest absolute Gasteiger partial charge is 0.348 e. The molecule has 0 aliphatic heterocycles. The zero-order chi connectivity index (χ0) is 13.4. The Kier molecular flexibility index (Phi) is 5.79. The van der Waals surface area contributed by atoms with E-state index in [-0.39, 0.29) is 25.5 Å². The van der Waals surface area contributed by atoms with E-state index in [2.05, 4.69) is 10.6 Å². The van der Waals surface area contributed by atoms with Gasteiger partial charge in [0, 0.05) is 19.6 Å². The fourth-order valence-corrected chi connectivity index (χ4v) is 1.36. The first-order valence-electron chi connectivity index (χ1n) is 5.64. The molecular weight excluding hydrogens is 237 g/mol. The van der Waals surface area contributed by atoms with Crippen LogP contribution in [0.4, 0.5) is 4.39 Å². The highest BCUT2D eigenvalue weighted by molar-refractivity contribution is 6.35. The first-order valence-corrected chi connectivity index (χ1v) is 5.64. The SMILES string of the molecule is NCCNC(=O)C(=O)NCCc1cccc(F)c1. The van der Waals surface area contributed by atoms with Crippen LogP contribution in [-0.2, 0) is 16.0 Å². The third kappa shape index (κ3) is 4.92. The van der Waals surface area contributed by atoms with Crippen LogP contribution in [0.15, 0.2) is 24.3 Å². The molecule has 0 atom stereocenters. The molecule has 0 heterocycles. The summed E-state index contributed by atoms with van der Waals surface area (Å²) in [6.07, 6.45) is 0.466. The van der Waals surface area contributed by atoms with Crippen LogP contribution in [0, 0.1) is 5.82 Å². The molecule has 98 valence electrons. The lowest BCUT2D eigenvalue weighted by molar-refractivity contribution is -0.139. The molecule has 6 heteroatoms. The fourth-order valence-electron chi connectivity index (χ4n) is 1.36. The van der Waals surface area contributed by atoms with Crippen LogP contribution in [0.2, 0.25) is 0 Å². The first-order chi connectivity index (χ1) is 8.63. The summed E-state index contributed by atoms with van der Waals surface area (Å²) in [4.78, 5) is 22.4. The van der Waals surface area contributed by atoms with Crippen LogP contribution < -0.4 is 16.4 Å². The zero-order valence-corrected chi connectivity index (χ0v) is 9.91. The highest BCUT2D eigenvalue weighted by atomic mass is 19.1. The maximum atomic E-state index is 12.9. The highest BCUT2D eigenvalue weighted by Crippen LogP contribution is 2.03. The van der Waals surface area contributed by atoms with E-state index in [4.69, 9.17) is 5.73 Å². The fraction of sp³-hybridized carbons (Fsp3) is 0.333. The Morgan fingerprint density at radius 1 is 1.17 bits per heavy atom. The molecule has 0 spiro atoms. The minimum atomic E-state index is -0.709. The van der Waals surface area contributed by atoms with Crippen LogP contribution >= 0.6 is 0 Å². The Labute approximate surface area is 105 Å².